The Morgan fingerprint density at radius 2 is 1.88 bits per heavy atom. The minimum absolute atomic E-state index is 0.671. The summed E-state index contributed by atoms with van der Waals surface area (Å²) in [6.07, 6.45) is 0. The molecular formula is C12H21N3O. The number of hydrogen-bond acceptors (Lipinski definition) is 4. The highest BCUT2D eigenvalue weighted by atomic mass is 16.5. The SMILES string of the molecule is COc1c(C)cc(CN(C)CNN)cc1C. The van der Waals surface area contributed by atoms with E-state index in [1.165, 1.54) is 16.7 Å². The van der Waals surface area contributed by atoms with Gasteiger partial charge < -0.3 is 4.74 Å². The third-order valence-corrected chi connectivity index (χ3v) is 2.54. The number of rotatable bonds is 5. The molecule has 0 spiro atoms. The van der Waals surface area contributed by atoms with Gasteiger partial charge in [-0.05, 0) is 37.6 Å². The summed E-state index contributed by atoms with van der Waals surface area (Å²) in [5.74, 6) is 6.25. The van der Waals surface area contributed by atoms with Gasteiger partial charge in [0.25, 0.3) is 0 Å². The van der Waals surface area contributed by atoms with Gasteiger partial charge in [-0.1, -0.05) is 12.1 Å². The van der Waals surface area contributed by atoms with E-state index in [4.69, 9.17) is 10.6 Å². The fourth-order valence-electron chi connectivity index (χ4n) is 1.98. The Hall–Kier alpha value is -1.10. The summed E-state index contributed by atoms with van der Waals surface area (Å²) in [4.78, 5) is 2.11. The summed E-state index contributed by atoms with van der Waals surface area (Å²) in [7, 11) is 3.73. The van der Waals surface area contributed by atoms with E-state index in [2.05, 4.69) is 36.3 Å². The van der Waals surface area contributed by atoms with Crippen LogP contribution >= 0.6 is 0 Å². The van der Waals surface area contributed by atoms with Crippen molar-refractivity contribution >= 4 is 0 Å². The molecule has 0 atom stereocenters. The van der Waals surface area contributed by atoms with Crippen LogP contribution in [0.5, 0.6) is 5.75 Å². The highest BCUT2D eigenvalue weighted by Gasteiger charge is 2.06. The Balaban J connectivity index is 2.83. The third-order valence-electron chi connectivity index (χ3n) is 2.54. The molecule has 0 aliphatic carbocycles. The Bertz CT molecular complexity index is 329. The largest absolute Gasteiger partial charge is 0.496 e. The molecule has 0 aliphatic rings. The molecule has 1 aromatic rings. The van der Waals surface area contributed by atoms with Gasteiger partial charge in [-0.3, -0.25) is 10.7 Å². The monoisotopic (exact) mass is 223 g/mol. The van der Waals surface area contributed by atoms with Crippen LogP contribution in [0.4, 0.5) is 0 Å². The van der Waals surface area contributed by atoms with Crippen LogP contribution in [0.15, 0.2) is 12.1 Å². The van der Waals surface area contributed by atoms with Gasteiger partial charge in [-0.2, -0.15) is 0 Å². The predicted octanol–water partition coefficient (Wildman–Crippen LogP) is 1.16. The van der Waals surface area contributed by atoms with Crippen LogP contribution in [0.2, 0.25) is 0 Å². The first-order valence-corrected chi connectivity index (χ1v) is 5.34. The highest BCUT2D eigenvalue weighted by molar-refractivity contribution is 5.43. The van der Waals surface area contributed by atoms with Gasteiger partial charge in [0.05, 0.1) is 13.8 Å². The molecule has 0 aromatic heterocycles. The minimum Gasteiger partial charge on any atom is -0.496 e. The number of benzene rings is 1. The van der Waals surface area contributed by atoms with Crippen LogP contribution in [-0.2, 0) is 6.54 Å². The number of methoxy groups -OCH3 is 1. The number of ether oxygens (including phenoxy) is 1. The van der Waals surface area contributed by atoms with Gasteiger partial charge in [0.2, 0.25) is 0 Å². The quantitative estimate of drug-likeness (QED) is 0.447. The first-order chi connectivity index (χ1) is 7.58. The Morgan fingerprint density at radius 3 is 2.31 bits per heavy atom. The fourth-order valence-corrected chi connectivity index (χ4v) is 1.98. The second kappa shape index (κ2) is 5.84. The first kappa shape index (κ1) is 13.0. The number of aryl methyl sites for hydroxylation is 2. The van der Waals surface area contributed by atoms with E-state index in [-0.39, 0.29) is 0 Å². The van der Waals surface area contributed by atoms with Crippen molar-refractivity contribution in [3.8, 4) is 5.75 Å². The van der Waals surface area contributed by atoms with Crippen LogP contribution in [-0.4, -0.2) is 25.7 Å². The van der Waals surface area contributed by atoms with Crippen molar-refractivity contribution in [3.05, 3.63) is 28.8 Å². The van der Waals surface area contributed by atoms with E-state index >= 15 is 0 Å². The van der Waals surface area contributed by atoms with E-state index in [1.54, 1.807) is 7.11 Å². The maximum absolute atomic E-state index is 5.34. The molecule has 90 valence electrons. The molecule has 0 heterocycles. The summed E-state index contributed by atoms with van der Waals surface area (Å²) in [6.45, 7) is 5.67. The Morgan fingerprint density at radius 1 is 1.31 bits per heavy atom. The molecule has 4 heteroatoms. The lowest BCUT2D eigenvalue weighted by molar-refractivity contribution is 0.301. The van der Waals surface area contributed by atoms with Crippen molar-refractivity contribution in [2.45, 2.75) is 20.4 Å². The second-order valence-electron chi connectivity index (χ2n) is 4.14. The van der Waals surface area contributed by atoms with Gasteiger partial charge in [0.15, 0.2) is 0 Å². The standard InChI is InChI=1S/C12H21N3O/c1-9-5-11(7-15(3)8-14-13)6-10(2)12(9)16-4/h5-6,14H,7-8,13H2,1-4H3. The van der Waals surface area contributed by atoms with Crippen molar-refractivity contribution in [2.24, 2.45) is 5.84 Å². The van der Waals surface area contributed by atoms with Crippen molar-refractivity contribution in [2.75, 3.05) is 20.8 Å². The Labute approximate surface area is 97.4 Å². The van der Waals surface area contributed by atoms with E-state index in [9.17, 15) is 0 Å². The van der Waals surface area contributed by atoms with Gasteiger partial charge in [0, 0.05) is 6.54 Å². The molecule has 0 amide bonds. The summed E-state index contributed by atoms with van der Waals surface area (Å²) in [5, 5.41) is 0. The zero-order valence-electron chi connectivity index (χ0n) is 10.5. The molecule has 0 saturated heterocycles. The topological polar surface area (TPSA) is 50.5 Å². The molecule has 0 fully saturated rings. The normalized spacial score (nSPS) is 10.9. The molecule has 1 rings (SSSR count). The molecule has 1 aromatic carbocycles. The molecule has 16 heavy (non-hydrogen) atoms. The van der Waals surface area contributed by atoms with Gasteiger partial charge in [0.1, 0.15) is 5.75 Å². The van der Waals surface area contributed by atoms with Crippen molar-refractivity contribution < 1.29 is 4.74 Å². The van der Waals surface area contributed by atoms with Crippen LogP contribution in [0, 0.1) is 13.8 Å². The lowest BCUT2D eigenvalue weighted by Crippen LogP contribution is -2.35. The van der Waals surface area contributed by atoms with Gasteiger partial charge in [-0.25, -0.2) is 5.43 Å². The van der Waals surface area contributed by atoms with Crippen LogP contribution in [0.25, 0.3) is 0 Å². The summed E-state index contributed by atoms with van der Waals surface area (Å²) < 4.78 is 5.34. The molecular weight excluding hydrogens is 202 g/mol. The van der Waals surface area contributed by atoms with Crippen LogP contribution in [0.1, 0.15) is 16.7 Å². The van der Waals surface area contributed by atoms with Gasteiger partial charge >= 0.3 is 0 Å². The lowest BCUT2D eigenvalue weighted by atomic mass is 10.1. The Kier molecular flexibility index (Phi) is 4.73. The minimum atomic E-state index is 0.671. The summed E-state index contributed by atoms with van der Waals surface area (Å²) >= 11 is 0. The number of hydrogen-bond donors (Lipinski definition) is 2. The average Bonchev–Trinajstić information content (AvgIpc) is 2.17. The summed E-state index contributed by atoms with van der Waals surface area (Å²) in [5.41, 5.74) is 6.26. The third kappa shape index (κ3) is 3.20. The summed E-state index contributed by atoms with van der Waals surface area (Å²) in [6, 6.07) is 4.30. The van der Waals surface area contributed by atoms with Crippen molar-refractivity contribution in [3.63, 3.8) is 0 Å². The molecule has 3 N–H and O–H groups in total. The smallest absolute Gasteiger partial charge is 0.124 e. The predicted molar refractivity (Wildman–Crippen MR) is 66.1 cm³/mol. The van der Waals surface area contributed by atoms with E-state index in [1.807, 2.05) is 7.05 Å². The van der Waals surface area contributed by atoms with Crippen LogP contribution < -0.4 is 16.0 Å². The number of hydrazine groups is 1. The number of nitrogens with zero attached hydrogens (tertiary/aromatic N) is 1. The maximum atomic E-state index is 5.34. The zero-order chi connectivity index (χ0) is 12.1. The van der Waals surface area contributed by atoms with E-state index < -0.39 is 0 Å². The van der Waals surface area contributed by atoms with E-state index in [0.29, 0.717) is 6.67 Å². The van der Waals surface area contributed by atoms with E-state index in [0.717, 1.165) is 12.3 Å². The molecule has 0 radical (unpaired) electrons. The molecule has 0 saturated carbocycles. The highest BCUT2D eigenvalue weighted by Crippen LogP contribution is 2.24. The molecule has 0 aliphatic heterocycles. The number of nitrogens with two attached hydrogens (primary N) is 1. The van der Waals surface area contributed by atoms with Crippen molar-refractivity contribution in [1.82, 2.24) is 10.3 Å². The van der Waals surface area contributed by atoms with Crippen LogP contribution in [0.3, 0.4) is 0 Å². The number of nitrogens with one attached hydrogen (secondary N) is 1. The second-order valence-corrected chi connectivity index (χ2v) is 4.14. The fraction of sp³-hybridized carbons (Fsp3) is 0.500. The first-order valence-electron chi connectivity index (χ1n) is 5.34. The molecule has 4 nitrogen and oxygen atoms in total. The molecule has 0 bridgehead atoms. The zero-order valence-corrected chi connectivity index (χ0v) is 10.5. The van der Waals surface area contributed by atoms with Crippen molar-refractivity contribution in [1.29, 1.82) is 0 Å². The van der Waals surface area contributed by atoms with Gasteiger partial charge in [-0.15, -0.1) is 0 Å². The average molecular weight is 223 g/mol. The lowest BCUT2D eigenvalue weighted by Gasteiger charge is -2.17. The molecule has 0 unspecified atom stereocenters. The maximum Gasteiger partial charge on any atom is 0.124 e.